The second-order valence-electron chi connectivity index (χ2n) is 5.48. The van der Waals surface area contributed by atoms with Crippen LogP contribution in [-0.2, 0) is 10.9 Å². The summed E-state index contributed by atoms with van der Waals surface area (Å²) < 4.78 is 44.4. The predicted molar refractivity (Wildman–Crippen MR) is 92.4 cm³/mol. The van der Waals surface area contributed by atoms with Crippen LogP contribution in [0.1, 0.15) is 22.8 Å². The Morgan fingerprint density at radius 2 is 1.85 bits per heavy atom. The summed E-state index contributed by atoms with van der Waals surface area (Å²) >= 11 is 0. The number of halogens is 3. The number of ether oxygens (including phenoxy) is 1. The van der Waals surface area contributed by atoms with E-state index in [1.165, 1.54) is 12.3 Å². The van der Waals surface area contributed by atoms with Gasteiger partial charge in [-0.3, -0.25) is 4.98 Å². The number of alkyl halides is 3. The molecule has 1 N–H and O–H groups in total. The molecule has 0 saturated carbocycles. The van der Waals surface area contributed by atoms with Gasteiger partial charge in [0.25, 0.3) is 0 Å². The molecule has 1 heterocycles. The van der Waals surface area contributed by atoms with Crippen LogP contribution in [0.4, 0.5) is 24.5 Å². The molecule has 0 unspecified atom stereocenters. The molecule has 0 atom stereocenters. The molecule has 3 rings (SSSR count). The van der Waals surface area contributed by atoms with Gasteiger partial charge < -0.3 is 10.1 Å². The van der Waals surface area contributed by atoms with E-state index in [1.54, 1.807) is 43.3 Å². The van der Waals surface area contributed by atoms with Gasteiger partial charge in [-0.1, -0.05) is 12.1 Å². The normalized spacial score (nSPS) is 11.4. The Morgan fingerprint density at radius 3 is 2.50 bits per heavy atom. The highest BCUT2D eigenvalue weighted by Gasteiger charge is 2.33. The van der Waals surface area contributed by atoms with Crippen LogP contribution < -0.4 is 5.32 Å². The van der Waals surface area contributed by atoms with E-state index in [4.69, 9.17) is 4.74 Å². The quantitative estimate of drug-likeness (QED) is 0.652. The van der Waals surface area contributed by atoms with Gasteiger partial charge in [-0.15, -0.1) is 0 Å². The summed E-state index contributed by atoms with van der Waals surface area (Å²) in [6.45, 7) is 2.00. The molecular formula is C19H15F3N2O2. The summed E-state index contributed by atoms with van der Waals surface area (Å²) in [5.74, 6) is -0.428. The van der Waals surface area contributed by atoms with E-state index in [-0.39, 0.29) is 12.1 Å². The van der Waals surface area contributed by atoms with E-state index in [0.29, 0.717) is 22.3 Å². The van der Waals surface area contributed by atoms with Gasteiger partial charge in [0.2, 0.25) is 0 Å². The highest BCUT2D eigenvalue weighted by molar-refractivity contribution is 5.95. The number of hydrogen-bond acceptors (Lipinski definition) is 4. The second kappa shape index (κ2) is 7.03. The highest BCUT2D eigenvalue weighted by atomic mass is 19.4. The van der Waals surface area contributed by atoms with Crippen LogP contribution in [0.2, 0.25) is 0 Å². The Hall–Kier alpha value is -3.09. The number of rotatable bonds is 4. The molecule has 0 aliphatic heterocycles. The molecule has 7 heteroatoms. The number of esters is 1. The Morgan fingerprint density at radius 1 is 1.12 bits per heavy atom. The third-order valence-electron chi connectivity index (χ3n) is 3.75. The van der Waals surface area contributed by atoms with Crippen LogP contribution in [0, 0.1) is 0 Å². The smallest absolute Gasteiger partial charge is 0.418 e. The monoisotopic (exact) mass is 360 g/mol. The Kier molecular flexibility index (Phi) is 4.79. The number of hydrogen-bond donors (Lipinski definition) is 1. The minimum Gasteiger partial charge on any atom is -0.462 e. The maximum Gasteiger partial charge on any atom is 0.418 e. The van der Waals surface area contributed by atoms with Crippen molar-refractivity contribution in [3.8, 4) is 0 Å². The molecule has 0 saturated heterocycles. The zero-order valence-electron chi connectivity index (χ0n) is 13.8. The number of carbonyl (C=O) groups is 1. The third-order valence-corrected chi connectivity index (χ3v) is 3.75. The summed E-state index contributed by atoms with van der Waals surface area (Å²) in [7, 11) is 0. The molecule has 0 aliphatic rings. The van der Waals surface area contributed by atoms with E-state index >= 15 is 0 Å². The lowest BCUT2D eigenvalue weighted by Gasteiger charge is -2.13. The van der Waals surface area contributed by atoms with Crippen molar-refractivity contribution in [2.24, 2.45) is 0 Å². The van der Waals surface area contributed by atoms with Crippen LogP contribution in [0.3, 0.4) is 0 Å². The number of fused-ring (bicyclic) bond motifs is 1. The summed E-state index contributed by atoms with van der Waals surface area (Å²) in [6, 6.07) is 12.0. The van der Waals surface area contributed by atoms with Crippen molar-refractivity contribution in [2.75, 3.05) is 11.9 Å². The first-order valence-corrected chi connectivity index (χ1v) is 7.89. The molecule has 0 amide bonds. The first-order chi connectivity index (χ1) is 12.4. The number of nitrogens with zero attached hydrogens (tertiary/aromatic N) is 1. The number of pyridine rings is 1. The molecule has 26 heavy (non-hydrogen) atoms. The summed E-state index contributed by atoms with van der Waals surface area (Å²) in [5, 5.41) is 3.42. The minimum absolute atomic E-state index is 0.117. The molecule has 0 fully saturated rings. The van der Waals surface area contributed by atoms with E-state index in [9.17, 15) is 18.0 Å². The van der Waals surface area contributed by atoms with Gasteiger partial charge in [0, 0.05) is 23.0 Å². The molecule has 0 aliphatic carbocycles. The Balaban J connectivity index is 1.93. The predicted octanol–water partition coefficient (Wildman–Crippen LogP) is 5.17. The first kappa shape index (κ1) is 17.7. The van der Waals surface area contributed by atoms with E-state index in [2.05, 4.69) is 10.3 Å². The van der Waals surface area contributed by atoms with Gasteiger partial charge in [0.1, 0.15) is 0 Å². The fraction of sp³-hybridized carbons (Fsp3) is 0.158. The summed E-state index contributed by atoms with van der Waals surface area (Å²) in [6.07, 6.45) is -3.15. The van der Waals surface area contributed by atoms with Gasteiger partial charge >= 0.3 is 12.1 Å². The van der Waals surface area contributed by atoms with Crippen molar-refractivity contribution in [2.45, 2.75) is 13.1 Å². The summed E-state index contributed by atoms with van der Waals surface area (Å²) in [4.78, 5) is 15.5. The largest absolute Gasteiger partial charge is 0.462 e. The number of para-hydroxylation sites is 1. The number of nitrogens with one attached hydrogen (secondary N) is 1. The Bertz CT molecular complexity index is 938. The van der Waals surface area contributed by atoms with Gasteiger partial charge in [-0.25, -0.2) is 4.79 Å². The van der Waals surface area contributed by atoms with Crippen LogP contribution in [-0.4, -0.2) is 17.6 Å². The lowest BCUT2D eigenvalue weighted by atomic mass is 10.1. The Labute approximate surface area is 147 Å². The van der Waals surface area contributed by atoms with Crippen molar-refractivity contribution >= 4 is 28.2 Å². The average molecular weight is 360 g/mol. The van der Waals surface area contributed by atoms with Gasteiger partial charge in [0.05, 0.1) is 23.3 Å². The number of carbonyl (C=O) groups excluding carboxylic acids is 1. The van der Waals surface area contributed by atoms with E-state index in [0.717, 1.165) is 6.07 Å². The van der Waals surface area contributed by atoms with Gasteiger partial charge in [0.15, 0.2) is 0 Å². The maximum absolute atomic E-state index is 13.2. The molecule has 0 radical (unpaired) electrons. The maximum atomic E-state index is 13.2. The lowest BCUT2D eigenvalue weighted by Crippen LogP contribution is -2.07. The molecule has 3 aromatic rings. The number of anilines is 2. The van der Waals surface area contributed by atoms with Crippen LogP contribution in [0.5, 0.6) is 0 Å². The molecule has 1 aromatic heterocycles. The SMILES string of the molecule is CCOC(=O)c1ccc(Nc2ccnc3c(C(F)(F)F)cccc23)cc1. The van der Waals surface area contributed by atoms with Crippen molar-refractivity contribution in [1.82, 2.24) is 4.98 Å². The standard InChI is InChI=1S/C19H15F3N2O2/c1-2-26-18(25)12-6-8-13(9-7-12)24-16-10-11-23-17-14(16)4-3-5-15(17)19(20,21)22/h3-11H,2H2,1H3,(H,23,24). The molecule has 4 nitrogen and oxygen atoms in total. The molecule has 134 valence electrons. The van der Waals surface area contributed by atoms with Crippen molar-refractivity contribution in [1.29, 1.82) is 0 Å². The zero-order chi connectivity index (χ0) is 18.7. The van der Waals surface area contributed by atoms with E-state index in [1.807, 2.05) is 0 Å². The average Bonchev–Trinajstić information content (AvgIpc) is 2.61. The molecule has 2 aromatic carbocycles. The molecule has 0 bridgehead atoms. The number of benzene rings is 2. The topological polar surface area (TPSA) is 51.2 Å². The van der Waals surface area contributed by atoms with E-state index < -0.39 is 17.7 Å². The molecular weight excluding hydrogens is 345 g/mol. The van der Waals surface area contributed by atoms with Crippen LogP contribution >= 0.6 is 0 Å². The zero-order valence-corrected chi connectivity index (χ0v) is 13.8. The third kappa shape index (κ3) is 3.61. The van der Waals surface area contributed by atoms with Crippen LogP contribution in [0.25, 0.3) is 10.9 Å². The van der Waals surface area contributed by atoms with Crippen LogP contribution in [0.15, 0.2) is 54.7 Å². The highest BCUT2D eigenvalue weighted by Crippen LogP contribution is 2.36. The first-order valence-electron chi connectivity index (χ1n) is 7.89. The number of aromatic nitrogens is 1. The van der Waals surface area contributed by atoms with Crippen molar-refractivity contribution in [3.05, 3.63) is 65.9 Å². The lowest BCUT2D eigenvalue weighted by molar-refractivity contribution is -0.136. The molecule has 0 spiro atoms. The summed E-state index contributed by atoms with van der Waals surface area (Å²) in [5.41, 5.74) is 0.619. The fourth-order valence-electron chi connectivity index (χ4n) is 2.57. The van der Waals surface area contributed by atoms with Crippen molar-refractivity contribution in [3.63, 3.8) is 0 Å². The van der Waals surface area contributed by atoms with Crippen molar-refractivity contribution < 1.29 is 22.7 Å². The second-order valence-corrected chi connectivity index (χ2v) is 5.48. The fourth-order valence-corrected chi connectivity index (χ4v) is 2.57. The minimum atomic E-state index is -4.48. The van der Waals surface area contributed by atoms with Gasteiger partial charge in [-0.2, -0.15) is 13.2 Å². The van der Waals surface area contributed by atoms with Gasteiger partial charge in [-0.05, 0) is 43.3 Å².